The van der Waals surface area contributed by atoms with Gasteiger partial charge in [0.15, 0.2) is 0 Å². The summed E-state index contributed by atoms with van der Waals surface area (Å²) in [6.45, 7) is 2.58. The molecule has 0 saturated heterocycles. The highest BCUT2D eigenvalue weighted by Gasteiger charge is 2.01. The molecule has 0 unspecified atom stereocenters. The van der Waals surface area contributed by atoms with Crippen LogP contribution in [0, 0.1) is 0 Å². The van der Waals surface area contributed by atoms with Crippen molar-refractivity contribution in [1.82, 2.24) is 4.98 Å². The number of hydrogen-bond donors (Lipinski definition) is 2. The maximum atomic E-state index is 5.33. The molecule has 2 aromatic heterocycles. The Morgan fingerprint density at radius 3 is 3.19 bits per heavy atom. The van der Waals surface area contributed by atoms with E-state index in [1.165, 1.54) is 10.1 Å². The average Bonchev–Trinajstić information content (AvgIpc) is 2.77. The molecule has 0 aliphatic carbocycles. The first kappa shape index (κ1) is 11.3. The van der Waals surface area contributed by atoms with Gasteiger partial charge in [-0.25, -0.2) is 4.98 Å². The van der Waals surface area contributed by atoms with Crippen molar-refractivity contribution in [2.75, 3.05) is 31.6 Å². The quantitative estimate of drug-likeness (QED) is 0.750. The summed E-state index contributed by atoms with van der Waals surface area (Å²) in [7, 11) is 0. The summed E-state index contributed by atoms with van der Waals surface area (Å²) in [6, 6.07) is 4.10. The number of fused-ring (bicyclic) bond motifs is 1. The molecule has 0 atom stereocenters. The van der Waals surface area contributed by atoms with Gasteiger partial charge in [0.2, 0.25) is 0 Å². The first-order valence-corrected chi connectivity index (χ1v) is 6.13. The van der Waals surface area contributed by atoms with E-state index in [1.807, 2.05) is 12.3 Å². The van der Waals surface area contributed by atoms with Crippen LogP contribution in [0.4, 0.5) is 5.82 Å². The lowest BCUT2D eigenvalue weighted by Gasteiger charge is -2.06. The summed E-state index contributed by atoms with van der Waals surface area (Å²) in [5.41, 5.74) is 5.33. The van der Waals surface area contributed by atoms with Crippen molar-refractivity contribution in [3.8, 4) is 0 Å². The Balaban J connectivity index is 1.91. The molecule has 0 aliphatic heterocycles. The van der Waals surface area contributed by atoms with Gasteiger partial charge in [0.25, 0.3) is 0 Å². The lowest BCUT2D eigenvalue weighted by Crippen LogP contribution is -2.14. The summed E-state index contributed by atoms with van der Waals surface area (Å²) >= 11 is 1.72. The smallest absolute Gasteiger partial charge is 0.134 e. The third-order valence-corrected chi connectivity index (χ3v) is 3.06. The molecule has 0 spiro atoms. The Kier molecular flexibility index (Phi) is 4.10. The number of rotatable bonds is 6. The highest BCUT2D eigenvalue weighted by Crippen LogP contribution is 2.25. The number of nitrogens with one attached hydrogen (secondary N) is 1. The minimum atomic E-state index is 0.568. The van der Waals surface area contributed by atoms with E-state index in [0.29, 0.717) is 19.8 Å². The van der Waals surface area contributed by atoms with Crippen LogP contribution in [0.2, 0.25) is 0 Å². The Morgan fingerprint density at radius 2 is 2.31 bits per heavy atom. The monoisotopic (exact) mass is 237 g/mol. The van der Waals surface area contributed by atoms with Crippen LogP contribution in [0.1, 0.15) is 0 Å². The summed E-state index contributed by atoms with van der Waals surface area (Å²) in [5, 5.41) is 6.51. The molecule has 2 heterocycles. The fourth-order valence-electron chi connectivity index (χ4n) is 1.46. The third-order valence-electron chi connectivity index (χ3n) is 2.18. The molecule has 5 heteroatoms. The fourth-order valence-corrected chi connectivity index (χ4v) is 2.24. The highest BCUT2D eigenvalue weighted by molar-refractivity contribution is 7.17. The SMILES string of the molecule is NCCOCCNc1nccc2sccc12. The van der Waals surface area contributed by atoms with Gasteiger partial charge in [0.1, 0.15) is 5.82 Å². The van der Waals surface area contributed by atoms with Crippen LogP contribution in [-0.2, 0) is 4.74 Å². The molecule has 0 aromatic carbocycles. The first-order valence-electron chi connectivity index (χ1n) is 5.25. The average molecular weight is 237 g/mol. The number of aromatic nitrogens is 1. The minimum absolute atomic E-state index is 0.568. The van der Waals surface area contributed by atoms with Gasteiger partial charge in [-0.15, -0.1) is 11.3 Å². The standard InChI is InChI=1S/C11H15N3OS/c12-3-6-15-7-5-14-11-9-2-8-16-10(9)1-4-13-11/h1-2,4,8H,3,5-7,12H2,(H,13,14). The van der Waals surface area contributed by atoms with Crippen LogP contribution < -0.4 is 11.1 Å². The molecule has 4 nitrogen and oxygen atoms in total. The molecule has 2 rings (SSSR count). The lowest BCUT2D eigenvalue weighted by molar-refractivity contribution is 0.151. The van der Waals surface area contributed by atoms with Crippen LogP contribution in [-0.4, -0.2) is 31.3 Å². The van der Waals surface area contributed by atoms with Crippen molar-refractivity contribution in [2.45, 2.75) is 0 Å². The fraction of sp³-hybridized carbons (Fsp3) is 0.364. The van der Waals surface area contributed by atoms with E-state index in [2.05, 4.69) is 21.7 Å². The van der Waals surface area contributed by atoms with Crippen molar-refractivity contribution in [1.29, 1.82) is 0 Å². The van der Waals surface area contributed by atoms with Gasteiger partial charge in [-0.2, -0.15) is 0 Å². The molecule has 0 aliphatic rings. The largest absolute Gasteiger partial charge is 0.378 e. The second-order valence-corrected chi connectivity index (χ2v) is 4.27. The Labute approximate surface area is 98.4 Å². The number of pyridine rings is 1. The molecule has 0 radical (unpaired) electrons. The predicted molar refractivity (Wildman–Crippen MR) is 68.0 cm³/mol. The Morgan fingerprint density at radius 1 is 1.38 bits per heavy atom. The molecule has 2 aromatic rings. The lowest BCUT2D eigenvalue weighted by atomic mass is 10.3. The summed E-state index contributed by atoms with van der Waals surface area (Å²) in [4.78, 5) is 4.31. The molecule has 0 amide bonds. The zero-order valence-electron chi connectivity index (χ0n) is 8.98. The number of anilines is 1. The molecule has 0 fully saturated rings. The summed E-state index contributed by atoms with van der Waals surface area (Å²) in [5.74, 6) is 0.926. The Bertz CT molecular complexity index is 443. The van der Waals surface area contributed by atoms with E-state index in [1.54, 1.807) is 11.3 Å². The van der Waals surface area contributed by atoms with Crippen LogP contribution >= 0.6 is 11.3 Å². The molecular weight excluding hydrogens is 222 g/mol. The number of thiophene rings is 1. The van der Waals surface area contributed by atoms with E-state index in [-0.39, 0.29) is 0 Å². The zero-order chi connectivity index (χ0) is 11.2. The van der Waals surface area contributed by atoms with Crippen molar-refractivity contribution in [3.05, 3.63) is 23.7 Å². The van der Waals surface area contributed by atoms with Crippen molar-refractivity contribution < 1.29 is 4.74 Å². The van der Waals surface area contributed by atoms with Crippen LogP contribution in [0.25, 0.3) is 10.1 Å². The molecule has 3 N–H and O–H groups in total. The molecule has 0 bridgehead atoms. The Hall–Kier alpha value is -1.17. The number of hydrogen-bond acceptors (Lipinski definition) is 5. The normalized spacial score (nSPS) is 10.8. The molecule has 16 heavy (non-hydrogen) atoms. The van der Waals surface area contributed by atoms with Gasteiger partial charge in [-0.05, 0) is 17.5 Å². The van der Waals surface area contributed by atoms with Crippen molar-refractivity contribution in [3.63, 3.8) is 0 Å². The molecule has 86 valence electrons. The molecular formula is C11H15N3OS. The third kappa shape index (κ3) is 2.69. The van der Waals surface area contributed by atoms with Crippen LogP contribution in [0.5, 0.6) is 0 Å². The van der Waals surface area contributed by atoms with E-state index in [0.717, 1.165) is 12.4 Å². The molecule has 0 saturated carbocycles. The van der Waals surface area contributed by atoms with Crippen LogP contribution in [0.15, 0.2) is 23.7 Å². The maximum absolute atomic E-state index is 5.33. The summed E-state index contributed by atoms with van der Waals surface area (Å²) in [6.07, 6.45) is 1.82. The second-order valence-electron chi connectivity index (χ2n) is 3.32. The van der Waals surface area contributed by atoms with Gasteiger partial charge in [-0.1, -0.05) is 0 Å². The second kappa shape index (κ2) is 5.79. The highest BCUT2D eigenvalue weighted by atomic mass is 32.1. The first-order chi connectivity index (χ1) is 7.92. The number of nitrogens with zero attached hydrogens (tertiary/aromatic N) is 1. The van der Waals surface area contributed by atoms with Crippen molar-refractivity contribution in [2.24, 2.45) is 5.73 Å². The van der Waals surface area contributed by atoms with Crippen molar-refractivity contribution >= 4 is 27.2 Å². The maximum Gasteiger partial charge on any atom is 0.134 e. The van der Waals surface area contributed by atoms with Gasteiger partial charge >= 0.3 is 0 Å². The van der Waals surface area contributed by atoms with E-state index in [4.69, 9.17) is 10.5 Å². The van der Waals surface area contributed by atoms with Crippen LogP contribution in [0.3, 0.4) is 0 Å². The zero-order valence-corrected chi connectivity index (χ0v) is 9.80. The van der Waals surface area contributed by atoms with E-state index in [9.17, 15) is 0 Å². The van der Waals surface area contributed by atoms with Gasteiger partial charge in [-0.3, -0.25) is 0 Å². The minimum Gasteiger partial charge on any atom is -0.378 e. The topological polar surface area (TPSA) is 60.2 Å². The van der Waals surface area contributed by atoms with Gasteiger partial charge in [0.05, 0.1) is 13.2 Å². The van der Waals surface area contributed by atoms with E-state index < -0.39 is 0 Å². The van der Waals surface area contributed by atoms with E-state index >= 15 is 0 Å². The summed E-state index contributed by atoms with van der Waals surface area (Å²) < 4.78 is 6.54. The predicted octanol–water partition coefficient (Wildman–Crippen LogP) is 1.68. The number of ether oxygens (including phenoxy) is 1. The van der Waals surface area contributed by atoms with Gasteiger partial charge < -0.3 is 15.8 Å². The number of nitrogens with two attached hydrogens (primary N) is 1. The van der Waals surface area contributed by atoms with Gasteiger partial charge in [0, 0.05) is 29.4 Å².